The van der Waals surface area contributed by atoms with E-state index in [0.717, 1.165) is 5.75 Å². The van der Waals surface area contributed by atoms with Gasteiger partial charge in [0.2, 0.25) is 0 Å². The summed E-state index contributed by atoms with van der Waals surface area (Å²) in [5.41, 5.74) is 0.709. The van der Waals surface area contributed by atoms with Gasteiger partial charge >= 0.3 is 0 Å². The summed E-state index contributed by atoms with van der Waals surface area (Å²) in [7, 11) is 1.65. The third-order valence-corrected chi connectivity index (χ3v) is 2.92. The van der Waals surface area contributed by atoms with E-state index in [-0.39, 0.29) is 5.91 Å². The average molecular weight is 255 g/mol. The number of carbonyl (C=O) groups is 1. The Morgan fingerprint density at radius 3 is 2.94 bits per heavy atom. The predicted octanol–water partition coefficient (Wildman–Crippen LogP) is 0.549. The molecule has 0 fully saturated rings. The van der Waals surface area contributed by atoms with Crippen LogP contribution >= 0.6 is 11.8 Å². The maximum Gasteiger partial charge on any atom is 0.251 e. The molecule has 0 aliphatic rings. The summed E-state index contributed by atoms with van der Waals surface area (Å²) in [5, 5.41) is 9.66. The minimum absolute atomic E-state index is 0.273. The van der Waals surface area contributed by atoms with E-state index in [1.165, 1.54) is 4.90 Å². The van der Waals surface area contributed by atoms with Gasteiger partial charge in [0, 0.05) is 19.4 Å². The number of nitrogens with zero attached hydrogens (tertiary/aromatic N) is 3. The van der Waals surface area contributed by atoms with Crippen molar-refractivity contribution in [3.05, 3.63) is 24.3 Å². The van der Waals surface area contributed by atoms with Crippen molar-refractivity contribution >= 4 is 17.7 Å². The molecule has 1 unspecified atom stereocenters. The van der Waals surface area contributed by atoms with Crippen molar-refractivity contribution in [1.82, 2.24) is 14.9 Å². The summed E-state index contributed by atoms with van der Waals surface area (Å²) in [5.74, 6) is 0.496. The van der Waals surface area contributed by atoms with Crippen LogP contribution in [0.5, 0.6) is 0 Å². The van der Waals surface area contributed by atoms with Crippen LogP contribution in [0.15, 0.2) is 18.6 Å². The minimum atomic E-state index is -0.927. The monoisotopic (exact) mass is 255 g/mol. The smallest absolute Gasteiger partial charge is 0.251 e. The molecular formula is C11H17N3O2S. The van der Waals surface area contributed by atoms with E-state index in [0.29, 0.717) is 18.7 Å². The largest absolute Gasteiger partial charge is 0.383 e. The summed E-state index contributed by atoms with van der Waals surface area (Å²) in [4.78, 5) is 21.2. The Bertz CT molecular complexity index is 348. The van der Waals surface area contributed by atoms with E-state index >= 15 is 0 Å². The van der Waals surface area contributed by atoms with Crippen molar-refractivity contribution in [2.45, 2.75) is 19.1 Å². The van der Waals surface area contributed by atoms with E-state index in [2.05, 4.69) is 9.97 Å². The molecule has 6 heteroatoms. The Morgan fingerprint density at radius 2 is 2.35 bits per heavy atom. The number of carbonyl (C=O) groups excluding carboxylic acids is 1. The second-order valence-electron chi connectivity index (χ2n) is 3.69. The summed E-state index contributed by atoms with van der Waals surface area (Å²) in [6.45, 7) is 0.364. The van der Waals surface area contributed by atoms with Crippen LogP contribution < -0.4 is 0 Å². The fourth-order valence-corrected chi connectivity index (χ4v) is 1.80. The first kappa shape index (κ1) is 13.9. The number of amides is 1. The first-order valence-corrected chi connectivity index (χ1v) is 6.71. The molecule has 0 aromatic carbocycles. The molecule has 5 nitrogen and oxygen atoms in total. The zero-order valence-corrected chi connectivity index (χ0v) is 10.9. The van der Waals surface area contributed by atoms with Gasteiger partial charge in [0.1, 0.15) is 6.10 Å². The topological polar surface area (TPSA) is 66.3 Å². The number of rotatable bonds is 6. The third kappa shape index (κ3) is 4.70. The highest BCUT2D eigenvalue weighted by atomic mass is 32.2. The lowest BCUT2D eigenvalue weighted by molar-refractivity contribution is -0.139. The van der Waals surface area contributed by atoms with Crippen molar-refractivity contribution in [2.24, 2.45) is 0 Å². The molecule has 0 aliphatic carbocycles. The highest BCUT2D eigenvalue weighted by Crippen LogP contribution is 2.05. The Labute approximate surface area is 105 Å². The molecule has 0 aliphatic heterocycles. The minimum Gasteiger partial charge on any atom is -0.383 e. The molecular weight excluding hydrogens is 238 g/mol. The van der Waals surface area contributed by atoms with Crippen LogP contribution in [0.2, 0.25) is 0 Å². The van der Waals surface area contributed by atoms with Crippen LogP contribution in [-0.2, 0) is 11.3 Å². The normalized spacial score (nSPS) is 12.2. The van der Waals surface area contributed by atoms with Gasteiger partial charge in [0.25, 0.3) is 5.91 Å². The maximum atomic E-state index is 11.8. The van der Waals surface area contributed by atoms with E-state index < -0.39 is 6.10 Å². The van der Waals surface area contributed by atoms with Gasteiger partial charge < -0.3 is 10.0 Å². The van der Waals surface area contributed by atoms with Crippen molar-refractivity contribution in [2.75, 3.05) is 19.1 Å². The third-order valence-electron chi connectivity index (χ3n) is 2.27. The van der Waals surface area contributed by atoms with Crippen LogP contribution in [-0.4, -0.2) is 51.0 Å². The summed E-state index contributed by atoms with van der Waals surface area (Å²) < 4.78 is 0. The summed E-state index contributed by atoms with van der Waals surface area (Å²) >= 11 is 1.61. The highest BCUT2D eigenvalue weighted by Gasteiger charge is 2.19. The quantitative estimate of drug-likeness (QED) is 0.804. The number of likely N-dealkylation sites (N-methyl/N-ethyl adjacent to an activating group) is 1. The molecule has 0 saturated carbocycles. The zero-order valence-electron chi connectivity index (χ0n) is 10.0. The number of aromatic nitrogens is 2. The molecule has 1 atom stereocenters. The summed E-state index contributed by atoms with van der Waals surface area (Å²) in [6.07, 6.45) is 6.27. The lowest BCUT2D eigenvalue weighted by atomic mass is 10.2. The molecule has 1 heterocycles. The van der Waals surface area contributed by atoms with Crippen molar-refractivity contribution < 1.29 is 9.90 Å². The van der Waals surface area contributed by atoms with Crippen molar-refractivity contribution in [3.8, 4) is 0 Å². The number of thioether (sulfide) groups is 1. The molecule has 1 amide bonds. The predicted molar refractivity (Wildman–Crippen MR) is 67.5 cm³/mol. The Kier molecular flexibility index (Phi) is 5.93. The van der Waals surface area contributed by atoms with Gasteiger partial charge in [-0.25, -0.2) is 0 Å². The van der Waals surface area contributed by atoms with E-state index in [4.69, 9.17) is 0 Å². The maximum absolute atomic E-state index is 11.8. The lowest BCUT2D eigenvalue weighted by Crippen LogP contribution is -2.36. The number of hydrogen-bond acceptors (Lipinski definition) is 5. The Hall–Kier alpha value is -1.14. The second kappa shape index (κ2) is 7.24. The van der Waals surface area contributed by atoms with Crippen LogP contribution in [0.3, 0.4) is 0 Å². The lowest BCUT2D eigenvalue weighted by Gasteiger charge is -2.19. The van der Waals surface area contributed by atoms with Crippen molar-refractivity contribution in [3.63, 3.8) is 0 Å². The van der Waals surface area contributed by atoms with Crippen LogP contribution in [0, 0.1) is 0 Å². The van der Waals surface area contributed by atoms with Gasteiger partial charge in [0.15, 0.2) is 0 Å². The Morgan fingerprint density at radius 1 is 1.59 bits per heavy atom. The fraction of sp³-hybridized carbons (Fsp3) is 0.545. The molecule has 17 heavy (non-hydrogen) atoms. The van der Waals surface area contributed by atoms with E-state index in [1.807, 2.05) is 6.26 Å². The van der Waals surface area contributed by atoms with Gasteiger partial charge in [0.05, 0.1) is 18.4 Å². The van der Waals surface area contributed by atoms with Crippen molar-refractivity contribution in [1.29, 1.82) is 0 Å². The van der Waals surface area contributed by atoms with Crippen LogP contribution in [0.1, 0.15) is 12.1 Å². The van der Waals surface area contributed by atoms with E-state index in [1.54, 1.807) is 37.4 Å². The van der Waals surface area contributed by atoms with E-state index in [9.17, 15) is 9.90 Å². The number of aliphatic hydroxyl groups is 1. The first-order chi connectivity index (χ1) is 8.15. The molecule has 0 radical (unpaired) electrons. The number of hydrogen-bond donors (Lipinski definition) is 1. The average Bonchev–Trinajstić information content (AvgIpc) is 2.36. The molecule has 1 aromatic rings. The fourth-order valence-electron chi connectivity index (χ4n) is 1.34. The van der Waals surface area contributed by atoms with Gasteiger partial charge in [-0.05, 0) is 18.4 Å². The standard InChI is InChI=1S/C11H17N3O2S/c1-14(8-9-7-12-4-5-13-9)11(16)10(15)3-6-17-2/h4-5,7,10,15H,3,6,8H2,1-2H3. The molecule has 0 saturated heterocycles. The SMILES string of the molecule is CSCCC(O)C(=O)N(C)Cc1cnccn1. The Balaban J connectivity index is 2.47. The van der Waals surface area contributed by atoms with Gasteiger partial charge in [-0.1, -0.05) is 0 Å². The molecule has 1 N–H and O–H groups in total. The van der Waals surface area contributed by atoms with Gasteiger partial charge in [-0.15, -0.1) is 0 Å². The molecule has 0 spiro atoms. The molecule has 94 valence electrons. The summed E-state index contributed by atoms with van der Waals surface area (Å²) in [6, 6.07) is 0. The molecule has 1 aromatic heterocycles. The van der Waals surface area contributed by atoms with Gasteiger partial charge in [-0.2, -0.15) is 11.8 Å². The first-order valence-electron chi connectivity index (χ1n) is 5.32. The van der Waals surface area contributed by atoms with Crippen LogP contribution in [0.25, 0.3) is 0 Å². The van der Waals surface area contributed by atoms with Gasteiger partial charge in [-0.3, -0.25) is 14.8 Å². The highest BCUT2D eigenvalue weighted by molar-refractivity contribution is 7.98. The molecule has 0 bridgehead atoms. The second-order valence-corrected chi connectivity index (χ2v) is 4.67. The molecule has 1 rings (SSSR count). The number of aliphatic hydroxyl groups excluding tert-OH is 1. The zero-order chi connectivity index (χ0) is 12.7. The van der Waals surface area contributed by atoms with Crippen LogP contribution in [0.4, 0.5) is 0 Å².